The second kappa shape index (κ2) is 7.65. The number of aliphatic carboxylic acids is 1. The first-order valence-corrected chi connectivity index (χ1v) is 1.53. The summed E-state index contributed by atoms with van der Waals surface area (Å²) in [6.07, 6.45) is -1.34. The summed E-state index contributed by atoms with van der Waals surface area (Å²) in [7, 11) is 0. The van der Waals surface area contributed by atoms with Crippen molar-refractivity contribution in [2.45, 2.75) is 13.0 Å². The molecule has 0 aliphatic carbocycles. The Morgan fingerprint density at radius 2 is 1.88 bits per heavy atom. The van der Waals surface area contributed by atoms with Gasteiger partial charge in [0.1, 0.15) is 0 Å². The fraction of sp³-hybridized carbons (Fsp3) is 0.667. The predicted octanol–water partition coefficient (Wildman–Crippen LogP) is -2.44. The van der Waals surface area contributed by atoms with E-state index in [1.165, 1.54) is 0 Å². The van der Waals surface area contributed by atoms with Gasteiger partial charge in [-0.2, -0.15) is 0 Å². The van der Waals surface area contributed by atoms with E-state index in [1.807, 2.05) is 0 Å². The van der Waals surface area contributed by atoms with E-state index in [-0.39, 0.29) is 43.2 Å². The molecular formula is C3H6CaO4. The Morgan fingerprint density at radius 3 is 1.88 bits per heavy atom. The molecule has 0 aromatic carbocycles. The van der Waals surface area contributed by atoms with E-state index >= 15 is 0 Å². The number of aliphatic hydroxyl groups is 1. The fourth-order valence-electron chi connectivity index (χ4n) is 0. The topological polar surface area (TPSA) is 90.4 Å². The van der Waals surface area contributed by atoms with Crippen LogP contribution in [0.3, 0.4) is 0 Å². The van der Waals surface area contributed by atoms with E-state index in [1.54, 1.807) is 0 Å². The first kappa shape index (κ1) is 15.9. The molecule has 0 rings (SSSR count). The zero-order chi connectivity index (χ0) is 5.15. The largest absolute Gasteiger partial charge is 2.00 e. The van der Waals surface area contributed by atoms with Crippen LogP contribution >= 0.6 is 0 Å². The van der Waals surface area contributed by atoms with Crippen LogP contribution in [0, 0.1) is 0 Å². The third kappa shape index (κ3) is 9.82. The van der Waals surface area contributed by atoms with Crippen LogP contribution in [-0.4, -0.2) is 60.4 Å². The normalized spacial score (nSPS) is 10.2. The quantitative estimate of drug-likeness (QED) is 0.416. The predicted molar refractivity (Wildman–Crippen MR) is 24.4 cm³/mol. The van der Waals surface area contributed by atoms with Crippen LogP contribution in [0.25, 0.3) is 0 Å². The molecule has 0 aliphatic heterocycles. The molecule has 0 aromatic rings. The number of carbonyl (C=O) groups is 1. The molecule has 8 heavy (non-hydrogen) atoms. The number of aliphatic hydroxyl groups excluding tert-OH is 1. The Balaban J connectivity index is -0.000000125. The average Bonchev–Trinajstić information content (AvgIpc) is 1.36. The molecule has 5 heteroatoms. The van der Waals surface area contributed by atoms with Gasteiger partial charge < -0.3 is 20.5 Å². The molecule has 0 aliphatic rings. The van der Waals surface area contributed by atoms with Crippen molar-refractivity contribution >= 4 is 43.7 Å². The summed E-state index contributed by atoms with van der Waals surface area (Å²) in [6, 6.07) is 0. The van der Waals surface area contributed by atoms with E-state index in [0.29, 0.717) is 0 Å². The van der Waals surface area contributed by atoms with Gasteiger partial charge in [-0.25, -0.2) is 0 Å². The fourth-order valence-corrected chi connectivity index (χ4v) is 0. The molecular weight excluding hydrogens is 140 g/mol. The zero-order valence-electron chi connectivity index (χ0n) is 4.50. The minimum Gasteiger partial charge on any atom is -0.870 e. The molecule has 1 unspecified atom stereocenters. The number of hydrogen-bond acceptors (Lipinski definition) is 4. The molecule has 0 heterocycles. The Bertz CT molecular complexity index is 62.3. The van der Waals surface area contributed by atoms with Gasteiger partial charge in [-0.1, -0.05) is 0 Å². The van der Waals surface area contributed by atoms with Crippen LogP contribution in [0.5, 0.6) is 0 Å². The number of carboxylic acids is 1. The number of hydrogen-bond donors (Lipinski definition) is 1. The molecule has 0 aromatic heterocycles. The SMILES string of the molecule is CC(O)C(=O)[O-].[Ca+2].[OH-]. The van der Waals surface area contributed by atoms with Crippen LogP contribution in [0.2, 0.25) is 0 Å². The van der Waals surface area contributed by atoms with Crippen molar-refractivity contribution in [3.63, 3.8) is 0 Å². The summed E-state index contributed by atoms with van der Waals surface area (Å²) in [6.45, 7) is 1.13. The van der Waals surface area contributed by atoms with Crippen molar-refractivity contribution in [2.75, 3.05) is 0 Å². The van der Waals surface area contributed by atoms with Crippen LogP contribution in [0.1, 0.15) is 6.92 Å². The third-order valence-corrected chi connectivity index (χ3v) is 0.341. The van der Waals surface area contributed by atoms with Crippen molar-refractivity contribution in [1.82, 2.24) is 0 Å². The molecule has 0 spiro atoms. The maximum absolute atomic E-state index is 9.34. The molecule has 1 atom stereocenters. The van der Waals surface area contributed by atoms with Crippen molar-refractivity contribution in [3.8, 4) is 0 Å². The second-order valence-corrected chi connectivity index (χ2v) is 0.995. The van der Waals surface area contributed by atoms with E-state index in [4.69, 9.17) is 5.11 Å². The van der Waals surface area contributed by atoms with Gasteiger partial charge in [0, 0.05) is 0 Å². The van der Waals surface area contributed by atoms with Gasteiger partial charge in [0.25, 0.3) is 0 Å². The van der Waals surface area contributed by atoms with Crippen molar-refractivity contribution in [3.05, 3.63) is 0 Å². The molecule has 0 saturated heterocycles. The first-order chi connectivity index (χ1) is 2.64. The van der Waals surface area contributed by atoms with E-state index in [2.05, 4.69) is 0 Å². The number of carbonyl (C=O) groups excluding carboxylic acids is 1. The Kier molecular flexibility index (Phi) is 15.2. The smallest absolute Gasteiger partial charge is 0.870 e. The van der Waals surface area contributed by atoms with Gasteiger partial charge in [0.05, 0.1) is 12.1 Å². The molecule has 0 saturated carbocycles. The van der Waals surface area contributed by atoms with Gasteiger partial charge in [0.2, 0.25) is 0 Å². The van der Waals surface area contributed by atoms with Gasteiger partial charge in [0.15, 0.2) is 0 Å². The molecule has 44 valence electrons. The monoisotopic (exact) mass is 146 g/mol. The van der Waals surface area contributed by atoms with Crippen molar-refractivity contribution in [2.24, 2.45) is 0 Å². The summed E-state index contributed by atoms with van der Waals surface area (Å²) >= 11 is 0. The number of rotatable bonds is 1. The standard InChI is InChI=1S/C3H6O3.Ca.H2O/c1-2(4)3(5)6;;/h2,4H,1H3,(H,5,6);;1H2/q;+2;/p-2. The van der Waals surface area contributed by atoms with Gasteiger partial charge in [-0.05, 0) is 6.92 Å². The summed E-state index contributed by atoms with van der Waals surface area (Å²) in [5.41, 5.74) is 0. The molecule has 2 N–H and O–H groups in total. The van der Waals surface area contributed by atoms with Crippen LogP contribution < -0.4 is 5.11 Å². The van der Waals surface area contributed by atoms with Crippen LogP contribution in [0.4, 0.5) is 0 Å². The summed E-state index contributed by atoms with van der Waals surface area (Å²) < 4.78 is 0. The van der Waals surface area contributed by atoms with E-state index in [9.17, 15) is 9.90 Å². The summed E-state index contributed by atoms with van der Waals surface area (Å²) in [5.74, 6) is -1.44. The molecule has 4 nitrogen and oxygen atoms in total. The maximum Gasteiger partial charge on any atom is 2.00 e. The number of carboxylic acid groups (broad SMARTS) is 1. The Hall–Kier alpha value is 0.650. The van der Waals surface area contributed by atoms with Crippen molar-refractivity contribution < 1.29 is 20.5 Å². The third-order valence-electron chi connectivity index (χ3n) is 0.341. The van der Waals surface area contributed by atoms with Crippen LogP contribution in [-0.2, 0) is 4.79 Å². The second-order valence-electron chi connectivity index (χ2n) is 0.995. The first-order valence-electron chi connectivity index (χ1n) is 1.53. The summed E-state index contributed by atoms with van der Waals surface area (Å²) in [5, 5.41) is 17.3. The van der Waals surface area contributed by atoms with Crippen molar-refractivity contribution in [1.29, 1.82) is 0 Å². The maximum atomic E-state index is 9.34. The summed E-state index contributed by atoms with van der Waals surface area (Å²) in [4.78, 5) is 9.34. The van der Waals surface area contributed by atoms with Crippen LogP contribution in [0.15, 0.2) is 0 Å². The van der Waals surface area contributed by atoms with Gasteiger partial charge in [-0.15, -0.1) is 0 Å². The Labute approximate surface area is 76.8 Å². The minimum absolute atomic E-state index is 0. The minimum atomic E-state index is -1.44. The molecule has 0 bridgehead atoms. The van der Waals surface area contributed by atoms with E-state index in [0.717, 1.165) is 6.92 Å². The molecule has 0 fully saturated rings. The molecule has 0 amide bonds. The van der Waals surface area contributed by atoms with E-state index < -0.39 is 12.1 Å². The zero-order valence-corrected chi connectivity index (χ0v) is 6.70. The van der Waals surface area contributed by atoms with Gasteiger partial charge in [-0.3, -0.25) is 0 Å². The van der Waals surface area contributed by atoms with Gasteiger partial charge >= 0.3 is 37.7 Å². The molecule has 0 radical (unpaired) electrons. The Morgan fingerprint density at radius 1 is 1.75 bits per heavy atom. The average molecular weight is 146 g/mol.